The average Bonchev–Trinajstić information content (AvgIpc) is 2.32. The van der Waals surface area contributed by atoms with E-state index in [1.165, 1.54) is 0 Å². The number of rotatable bonds is 6. The van der Waals surface area contributed by atoms with Gasteiger partial charge in [0.1, 0.15) is 12.7 Å². The first kappa shape index (κ1) is 15.6. The van der Waals surface area contributed by atoms with Gasteiger partial charge in [0.2, 0.25) is 0 Å². The minimum Gasteiger partial charge on any atom is -0.385 e. The first-order valence-electron chi connectivity index (χ1n) is 5.50. The van der Waals surface area contributed by atoms with E-state index in [-0.39, 0.29) is 6.61 Å². The van der Waals surface area contributed by atoms with Gasteiger partial charge in [-0.1, -0.05) is 11.6 Å². The van der Waals surface area contributed by atoms with E-state index in [9.17, 15) is 13.2 Å². The Bertz CT molecular complexity index is 457. The topological polar surface area (TPSA) is 45.0 Å². The van der Waals surface area contributed by atoms with Crippen LogP contribution >= 0.6 is 11.6 Å². The van der Waals surface area contributed by atoms with Crippen LogP contribution in [0.4, 0.5) is 18.9 Å². The molecule has 0 atom stereocenters. The lowest BCUT2D eigenvalue weighted by Crippen LogP contribution is -2.18. The number of hydrogen-bond donors (Lipinski definition) is 1. The summed E-state index contributed by atoms with van der Waals surface area (Å²) >= 11 is 5.83. The molecule has 7 heteroatoms. The van der Waals surface area contributed by atoms with E-state index < -0.39 is 12.8 Å². The molecule has 1 aromatic carbocycles. The molecule has 19 heavy (non-hydrogen) atoms. The van der Waals surface area contributed by atoms with Crippen LogP contribution in [0.5, 0.6) is 0 Å². The van der Waals surface area contributed by atoms with Crippen molar-refractivity contribution in [2.75, 3.05) is 25.1 Å². The third-order valence-corrected chi connectivity index (χ3v) is 2.46. The number of halogens is 4. The fourth-order valence-corrected chi connectivity index (χ4v) is 1.53. The largest absolute Gasteiger partial charge is 0.411 e. The molecule has 0 unspecified atom stereocenters. The van der Waals surface area contributed by atoms with Crippen molar-refractivity contribution in [3.05, 3.63) is 28.8 Å². The molecule has 0 spiro atoms. The van der Waals surface area contributed by atoms with Gasteiger partial charge in [0.05, 0.1) is 10.6 Å². The fraction of sp³-hybridized carbons (Fsp3) is 0.417. The Morgan fingerprint density at radius 2 is 2.11 bits per heavy atom. The van der Waals surface area contributed by atoms with Crippen molar-refractivity contribution < 1.29 is 17.9 Å². The van der Waals surface area contributed by atoms with Crippen molar-refractivity contribution in [2.24, 2.45) is 0 Å². The predicted molar refractivity (Wildman–Crippen MR) is 66.1 cm³/mol. The number of nitrogens with one attached hydrogen (secondary N) is 1. The molecule has 0 aromatic heterocycles. The Morgan fingerprint density at radius 1 is 1.37 bits per heavy atom. The molecule has 0 aliphatic heterocycles. The van der Waals surface area contributed by atoms with Gasteiger partial charge in [-0.15, -0.1) is 0 Å². The van der Waals surface area contributed by atoms with E-state index in [0.717, 1.165) is 0 Å². The molecule has 0 aliphatic rings. The van der Waals surface area contributed by atoms with Crippen LogP contribution in [-0.4, -0.2) is 25.9 Å². The second-order valence-electron chi connectivity index (χ2n) is 3.75. The molecule has 0 heterocycles. The molecule has 104 valence electrons. The minimum atomic E-state index is -4.28. The molecule has 0 radical (unpaired) electrons. The average molecular weight is 293 g/mol. The SMILES string of the molecule is N#Cc1ccc(NCCCOCC(F)(F)F)cc1Cl. The maximum absolute atomic E-state index is 11.8. The lowest BCUT2D eigenvalue weighted by Gasteiger charge is -2.09. The maximum Gasteiger partial charge on any atom is 0.411 e. The Labute approximate surface area is 113 Å². The molecule has 0 amide bonds. The van der Waals surface area contributed by atoms with Crippen molar-refractivity contribution >= 4 is 17.3 Å². The zero-order chi connectivity index (χ0) is 14.3. The highest BCUT2D eigenvalue weighted by molar-refractivity contribution is 6.32. The zero-order valence-corrected chi connectivity index (χ0v) is 10.7. The standard InChI is InChI=1S/C12H12ClF3N2O/c13-11-6-10(3-2-9(11)7-17)18-4-1-5-19-8-12(14,15)16/h2-3,6,18H,1,4-5,8H2. The monoisotopic (exact) mass is 292 g/mol. The zero-order valence-electron chi connectivity index (χ0n) is 9.93. The van der Waals surface area contributed by atoms with Crippen LogP contribution in [0.3, 0.4) is 0 Å². The summed E-state index contributed by atoms with van der Waals surface area (Å²) < 4.78 is 39.8. The molecule has 0 saturated carbocycles. The highest BCUT2D eigenvalue weighted by Gasteiger charge is 2.27. The normalized spacial score (nSPS) is 11.1. The van der Waals surface area contributed by atoms with Crippen molar-refractivity contribution in [3.63, 3.8) is 0 Å². The molecule has 0 aliphatic carbocycles. The van der Waals surface area contributed by atoms with Crippen molar-refractivity contribution in [2.45, 2.75) is 12.6 Å². The van der Waals surface area contributed by atoms with Gasteiger partial charge in [-0.2, -0.15) is 18.4 Å². The summed E-state index contributed by atoms with van der Waals surface area (Å²) in [7, 11) is 0. The minimum absolute atomic E-state index is 0.0243. The first-order chi connectivity index (χ1) is 8.92. The van der Waals surface area contributed by atoms with Crippen molar-refractivity contribution in [3.8, 4) is 6.07 Å². The van der Waals surface area contributed by atoms with Crippen LogP contribution in [0.1, 0.15) is 12.0 Å². The first-order valence-corrected chi connectivity index (χ1v) is 5.88. The van der Waals surface area contributed by atoms with Gasteiger partial charge in [-0.25, -0.2) is 0 Å². The van der Waals surface area contributed by atoms with E-state index in [4.69, 9.17) is 16.9 Å². The Morgan fingerprint density at radius 3 is 2.68 bits per heavy atom. The number of hydrogen-bond acceptors (Lipinski definition) is 3. The van der Waals surface area contributed by atoms with Crippen molar-refractivity contribution in [1.82, 2.24) is 0 Å². The molecule has 1 aromatic rings. The second-order valence-corrected chi connectivity index (χ2v) is 4.16. The smallest absolute Gasteiger partial charge is 0.385 e. The molecule has 0 bridgehead atoms. The molecular weight excluding hydrogens is 281 g/mol. The van der Waals surface area contributed by atoms with Gasteiger partial charge in [0.25, 0.3) is 0 Å². The number of anilines is 1. The quantitative estimate of drug-likeness (QED) is 0.815. The fourth-order valence-electron chi connectivity index (χ4n) is 1.31. The second kappa shape index (κ2) is 7.22. The van der Waals surface area contributed by atoms with Crippen LogP contribution in [0, 0.1) is 11.3 Å². The molecule has 1 N–H and O–H groups in total. The number of nitrogens with zero attached hydrogens (tertiary/aromatic N) is 1. The molecular formula is C12H12ClF3N2O. The third kappa shape index (κ3) is 6.32. The predicted octanol–water partition coefficient (Wildman–Crippen LogP) is 3.59. The Hall–Kier alpha value is -1.45. The van der Waals surface area contributed by atoms with E-state index >= 15 is 0 Å². The summed E-state index contributed by atoms with van der Waals surface area (Å²) in [6.07, 6.45) is -3.85. The number of ether oxygens (including phenoxy) is 1. The highest BCUT2D eigenvalue weighted by atomic mass is 35.5. The lowest BCUT2D eigenvalue weighted by molar-refractivity contribution is -0.173. The van der Waals surface area contributed by atoms with Crippen LogP contribution in [0.2, 0.25) is 5.02 Å². The van der Waals surface area contributed by atoms with E-state index in [1.54, 1.807) is 18.2 Å². The van der Waals surface area contributed by atoms with Crippen LogP contribution in [0.25, 0.3) is 0 Å². The number of benzene rings is 1. The Balaban J connectivity index is 2.23. The summed E-state index contributed by atoms with van der Waals surface area (Å²) in [6, 6.07) is 6.78. The third-order valence-electron chi connectivity index (χ3n) is 2.15. The summed E-state index contributed by atoms with van der Waals surface area (Å²) in [5, 5.41) is 12.0. The molecule has 3 nitrogen and oxygen atoms in total. The van der Waals surface area contributed by atoms with Gasteiger partial charge >= 0.3 is 6.18 Å². The van der Waals surface area contributed by atoms with E-state index in [2.05, 4.69) is 10.1 Å². The Kier molecular flexibility index (Phi) is 5.93. The maximum atomic E-state index is 11.8. The summed E-state index contributed by atoms with van der Waals surface area (Å²) in [5.74, 6) is 0. The van der Waals surface area contributed by atoms with Crippen LogP contribution in [-0.2, 0) is 4.74 Å². The van der Waals surface area contributed by atoms with E-state index in [1.807, 2.05) is 6.07 Å². The lowest BCUT2D eigenvalue weighted by atomic mass is 10.2. The molecule has 0 fully saturated rings. The van der Waals surface area contributed by atoms with Crippen LogP contribution < -0.4 is 5.32 Å². The molecule has 0 saturated heterocycles. The summed E-state index contributed by atoms with van der Waals surface area (Å²) in [5.41, 5.74) is 1.08. The number of nitriles is 1. The van der Waals surface area contributed by atoms with Gasteiger partial charge in [-0.3, -0.25) is 0 Å². The summed E-state index contributed by atoms with van der Waals surface area (Å²) in [4.78, 5) is 0. The van der Waals surface area contributed by atoms with Gasteiger partial charge < -0.3 is 10.1 Å². The number of alkyl halides is 3. The van der Waals surface area contributed by atoms with E-state index in [0.29, 0.717) is 29.2 Å². The molecule has 1 rings (SSSR count). The van der Waals surface area contributed by atoms with Gasteiger partial charge in [0, 0.05) is 18.8 Å². The van der Waals surface area contributed by atoms with Crippen molar-refractivity contribution in [1.29, 1.82) is 5.26 Å². The van der Waals surface area contributed by atoms with Gasteiger partial charge in [0.15, 0.2) is 0 Å². The highest BCUT2D eigenvalue weighted by Crippen LogP contribution is 2.20. The van der Waals surface area contributed by atoms with Gasteiger partial charge in [-0.05, 0) is 24.6 Å². The summed E-state index contributed by atoms with van der Waals surface area (Å²) in [6.45, 7) is -0.744. The van der Waals surface area contributed by atoms with Crippen LogP contribution in [0.15, 0.2) is 18.2 Å².